The van der Waals surface area contributed by atoms with Gasteiger partial charge in [0.05, 0.1) is 13.5 Å². The smallest absolute Gasteiger partial charge is 0.410 e. The number of likely N-dealkylation sites (N-methyl/N-ethyl adjacent to an activating group) is 1. The maximum Gasteiger partial charge on any atom is 0.410 e. The Morgan fingerprint density at radius 2 is 1.89 bits per heavy atom. The summed E-state index contributed by atoms with van der Waals surface area (Å²) in [6, 6.07) is 4.80. The lowest BCUT2D eigenvalue weighted by molar-refractivity contribution is -0.132. The number of piperidine rings is 1. The van der Waals surface area contributed by atoms with Crippen LogP contribution < -0.4 is 4.74 Å². The number of benzene rings is 1. The Labute approximate surface area is 160 Å². The standard InChI is InChI=1S/C20H30N2O5/c1-20(2,3)27-19(25)22-10-8-15(9-11-22)21(4)18(24)13-14-12-16(23)6-7-17(14)26-5/h6-7,12,15,23H,8-11,13H2,1-5H3. The van der Waals surface area contributed by atoms with Gasteiger partial charge in [-0.1, -0.05) is 0 Å². The van der Waals surface area contributed by atoms with Crippen LogP contribution in [0.5, 0.6) is 11.5 Å². The maximum absolute atomic E-state index is 12.7. The number of amides is 2. The first-order valence-electron chi connectivity index (χ1n) is 9.20. The van der Waals surface area contributed by atoms with Crippen LogP contribution in [0.4, 0.5) is 4.79 Å². The monoisotopic (exact) mass is 378 g/mol. The molecule has 27 heavy (non-hydrogen) atoms. The van der Waals surface area contributed by atoms with Gasteiger partial charge in [-0.15, -0.1) is 0 Å². The number of aromatic hydroxyl groups is 1. The molecule has 0 spiro atoms. The Morgan fingerprint density at radius 3 is 2.44 bits per heavy atom. The molecule has 1 N–H and O–H groups in total. The van der Waals surface area contributed by atoms with E-state index in [4.69, 9.17) is 9.47 Å². The van der Waals surface area contributed by atoms with Crippen molar-refractivity contribution >= 4 is 12.0 Å². The van der Waals surface area contributed by atoms with Gasteiger partial charge in [0.15, 0.2) is 0 Å². The Morgan fingerprint density at radius 1 is 1.26 bits per heavy atom. The number of hydrogen-bond acceptors (Lipinski definition) is 5. The predicted octanol–water partition coefficient (Wildman–Crippen LogP) is 2.80. The SMILES string of the molecule is COc1ccc(O)cc1CC(=O)N(C)C1CCN(C(=O)OC(C)(C)C)CC1. The summed E-state index contributed by atoms with van der Waals surface area (Å²) in [6.45, 7) is 6.67. The van der Waals surface area contributed by atoms with Gasteiger partial charge >= 0.3 is 6.09 Å². The summed E-state index contributed by atoms with van der Waals surface area (Å²) in [5.41, 5.74) is 0.140. The number of hydrogen-bond donors (Lipinski definition) is 1. The van der Waals surface area contributed by atoms with Crippen molar-refractivity contribution < 1.29 is 24.2 Å². The van der Waals surface area contributed by atoms with Crippen molar-refractivity contribution in [3.63, 3.8) is 0 Å². The molecule has 2 amide bonds. The molecule has 150 valence electrons. The minimum atomic E-state index is -0.513. The van der Waals surface area contributed by atoms with Crippen molar-refractivity contribution in [2.45, 2.75) is 51.7 Å². The second kappa shape index (κ2) is 8.50. The van der Waals surface area contributed by atoms with E-state index in [-0.39, 0.29) is 30.2 Å². The van der Waals surface area contributed by atoms with E-state index in [0.29, 0.717) is 37.2 Å². The zero-order chi connectivity index (χ0) is 20.2. The molecular formula is C20H30N2O5. The fourth-order valence-electron chi connectivity index (χ4n) is 3.16. The van der Waals surface area contributed by atoms with E-state index in [1.807, 2.05) is 20.8 Å². The highest BCUT2D eigenvalue weighted by atomic mass is 16.6. The van der Waals surface area contributed by atoms with Crippen LogP contribution in [0.25, 0.3) is 0 Å². The maximum atomic E-state index is 12.7. The number of phenols is 1. The third kappa shape index (κ3) is 5.77. The number of carbonyl (C=O) groups excluding carboxylic acids is 2. The van der Waals surface area contributed by atoms with Crippen LogP contribution in [0.3, 0.4) is 0 Å². The molecule has 1 heterocycles. The summed E-state index contributed by atoms with van der Waals surface area (Å²) < 4.78 is 10.7. The molecule has 7 nitrogen and oxygen atoms in total. The molecule has 0 aromatic heterocycles. The van der Waals surface area contributed by atoms with E-state index in [1.54, 1.807) is 29.0 Å². The highest BCUT2D eigenvalue weighted by Crippen LogP contribution is 2.25. The zero-order valence-corrected chi connectivity index (χ0v) is 16.8. The van der Waals surface area contributed by atoms with E-state index >= 15 is 0 Å². The van der Waals surface area contributed by atoms with E-state index in [9.17, 15) is 14.7 Å². The average Bonchev–Trinajstić information content (AvgIpc) is 2.60. The summed E-state index contributed by atoms with van der Waals surface area (Å²) in [5, 5.41) is 9.67. The molecule has 2 rings (SSSR count). The molecule has 1 aliphatic heterocycles. The molecule has 0 aliphatic carbocycles. The molecule has 0 radical (unpaired) electrons. The van der Waals surface area contributed by atoms with Crippen LogP contribution in [0.1, 0.15) is 39.2 Å². The first-order chi connectivity index (χ1) is 12.6. The summed E-state index contributed by atoms with van der Waals surface area (Å²) in [4.78, 5) is 28.3. The van der Waals surface area contributed by atoms with Gasteiger partial charge in [-0.25, -0.2) is 4.79 Å². The molecule has 1 aromatic rings. The van der Waals surface area contributed by atoms with Crippen molar-refractivity contribution in [3.05, 3.63) is 23.8 Å². The third-order valence-corrected chi connectivity index (χ3v) is 4.66. The van der Waals surface area contributed by atoms with Crippen LogP contribution >= 0.6 is 0 Å². The van der Waals surface area contributed by atoms with Gasteiger partial charge in [-0.2, -0.15) is 0 Å². The molecule has 1 fully saturated rings. The zero-order valence-electron chi connectivity index (χ0n) is 16.8. The van der Waals surface area contributed by atoms with Gasteiger partial charge in [0, 0.05) is 31.7 Å². The summed E-state index contributed by atoms with van der Waals surface area (Å²) >= 11 is 0. The largest absolute Gasteiger partial charge is 0.508 e. The topological polar surface area (TPSA) is 79.3 Å². The molecule has 7 heteroatoms. The number of phenolic OH excluding ortho intramolecular Hbond substituents is 1. The van der Waals surface area contributed by atoms with Gasteiger partial charge in [0.2, 0.25) is 5.91 Å². The first kappa shape index (κ1) is 20.9. The number of ether oxygens (including phenoxy) is 2. The molecule has 0 bridgehead atoms. The summed E-state index contributed by atoms with van der Waals surface area (Å²) in [6.07, 6.45) is 1.26. The Balaban J connectivity index is 1.92. The predicted molar refractivity (Wildman–Crippen MR) is 102 cm³/mol. The second-order valence-electron chi connectivity index (χ2n) is 7.88. The van der Waals surface area contributed by atoms with Crippen molar-refractivity contribution in [1.29, 1.82) is 0 Å². The lowest BCUT2D eigenvalue weighted by Crippen LogP contribution is -2.48. The summed E-state index contributed by atoms with van der Waals surface area (Å²) in [5.74, 6) is 0.635. The average molecular weight is 378 g/mol. The molecule has 0 unspecified atom stereocenters. The quantitative estimate of drug-likeness (QED) is 0.872. The first-order valence-corrected chi connectivity index (χ1v) is 9.20. The second-order valence-corrected chi connectivity index (χ2v) is 7.88. The summed E-state index contributed by atoms with van der Waals surface area (Å²) in [7, 11) is 3.32. The highest BCUT2D eigenvalue weighted by molar-refractivity contribution is 5.80. The van der Waals surface area contributed by atoms with Crippen LogP contribution in [0.15, 0.2) is 18.2 Å². The van der Waals surface area contributed by atoms with Crippen LogP contribution in [-0.4, -0.2) is 65.8 Å². The number of likely N-dealkylation sites (tertiary alicyclic amines) is 1. The Bertz CT molecular complexity index is 675. The fraction of sp³-hybridized carbons (Fsp3) is 0.600. The van der Waals surface area contributed by atoms with Gasteiger partial charge < -0.3 is 24.4 Å². The number of nitrogens with zero attached hydrogens (tertiary/aromatic N) is 2. The molecular weight excluding hydrogens is 348 g/mol. The van der Waals surface area contributed by atoms with Crippen LogP contribution in [0.2, 0.25) is 0 Å². The van der Waals surface area contributed by atoms with Crippen LogP contribution in [0, 0.1) is 0 Å². The highest BCUT2D eigenvalue weighted by Gasteiger charge is 2.30. The van der Waals surface area contributed by atoms with Crippen molar-refractivity contribution in [2.24, 2.45) is 0 Å². The minimum Gasteiger partial charge on any atom is -0.508 e. The number of methoxy groups -OCH3 is 1. The van der Waals surface area contributed by atoms with E-state index in [2.05, 4.69) is 0 Å². The normalized spacial score (nSPS) is 15.4. The lowest BCUT2D eigenvalue weighted by atomic mass is 10.0. The van der Waals surface area contributed by atoms with Gasteiger partial charge in [0.1, 0.15) is 17.1 Å². The third-order valence-electron chi connectivity index (χ3n) is 4.66. The van der Waals surface area contributed by atoms with E-state index in [1.165, 1.54) is 13.2 Å². The fourth-order valence-corrected chi connectivity index (χ4v) is 3.16. The number of rotatable bonds is 4. The van der Waals surface area contributed by atoms with E-state index < -0.39 is 5.60 Å². The molecule has 1 saturated heterocycles. The Kier molecular flexibility index (Phi) is 6.57. The van der Waals surface area contributed by atoms with Crippen molar-refractivity contribution in [3.8, 4) is 11.5 Å². The molecule has 0 saturated carbocycles. The Hall–Kier alpha value is -2.44. The van der Waals surface area contributed by atoms with Gasteiger partial charge in [-0.05, 0) is 51.8 Å². The molecule has 0 atom stereocenters. The van der Waals surface area contributed by atoms with E-state index in [0.717, 1.165) is 0 Å². The van der Waals surface area contributed by atoms with Crippen molar-refractivity contribution in [2.75, 3.05) is 27.2 Å². The van der Waals surface area contributed by atoms with Crippen molar-refractivity contribution in [1.82, 2.24) is 9.80 Å². The lowest BCUT2D eigenvalue weighted by Gasteiger charge is -2.37. The molecule has 1 aromatic carbocycles. The number of carbonyl (C=O) groups is 2. The van der Waals surface area contributed by atoms with Gasteiger partial charge in [-0.3, -0.25) is 4.79 Å². The minimum absolute atomic E-state index is 0.0466. The molecule has 1 aliphatic rings. The van der Waals surface area contributed by atoms with Gasteiger partial charge in [0.25, 0.3) is 0 Å². The van der Waals surface area contributed by atoms with Crippen LogP contribution in [-0.2, 0) is 16.0 Å².